The molecule has 0 bridgehead atoms. The lowest BCUT2D eigenvalue weighted by molar-refractivity contribution is 0.476. The third kappa shape index (κ3) is 3.13. The van der Waals surface area contributed by atoms with Gasteiger partial charge in [-0.25, -0.2) is 4.68 Å². The lowest BCUT2D eigenvalue weighted by Crippen LogP contribution is -2.27. The van der Waals surface area contributed by atoms with Crippen LogP contribution < -0.4 is 11.2 Å². The lowest BCUT2D eigenvalue weighted by atomic mass is 10.0. The van der Waals surface area contributed by atoms with Crippen molar-refractivity contribution in [2.75, 3.05) is 5.43 Å². The predicted molar refractivity (Wildman–Crippen MR) is 107 cm³/mol. The second-order valence-corrected chi connectivity index (χ2v) is 7.49. The minimum Gasteiger partial charge on any atom is -0.321 e. The monoisotopic (exact) mass is 363 g/mol. The summed E-state index contributed by atoms with van der Waals surface area (Å²) in [6, 6.07) is 18.7. The highest BCUT2D eigenvalue weighted by Crippen LogP contribution is 2.31. The van der Waals surface area contributed by atoms with Crippen LogP contribution >= 0.6 is 11.8 Å². The molecule has 4 rings (SSSR count). The molecule has 1 aliphatic rings. The molecule has 1 aliphatic heterocycles. The summed E-state index contributed by atoms with van der Waals surface area (Å²) < 4.78 is 1.90. The Balaban J connectivity index is 1.59. The zero-order valence-electron chi connectivity index (χ0n) is 14.8. The van der Waals surface area contributed by atoms with Crippen molar-refractivity contribution in [2.24, 2.45) is 11.7 Å². The van der Waals surface area contributed by atoms with E-state index in [9.17, 15) is 0 Å². The summed E-state index contributed by atoms with van der Waals surface area (Å²) in [5, 5.41) is 11.4. The van der Waals surface area contributed by atoms with E-state index < -0.39 is 0 Å². The van der Waals surface area contributed by atoms with Crippen LogP contribution in [-0.4, -0.2) is 14.9 Å². The molecule has 0 spiro atoms. The van der Waals surface area contributed by atoms with Crippen LogP contribution in [0.4, 0.5) is 0 Å². The van der Waals surface area contributed by atoms with Crippen LogP contribution in [0, 0.1) is 5.92 Å². The van der Waals surface area contributed by atoms with Crippen molar-refractivity contribution in [3.8, 4) is 11.1 Å². The highest BCUT2D eigenvalue weighted by Gasteiger charge is 2.24. The van der Waals surface area contributed by atoms with Gasteiger partial charge < -0.3 is 5.73 Å². The molecule has 1 atom stereocenters. The fourth-order valence-corrected chi connectivity index (χ4v) is 3.59. The molecule has 0 saturated heterocycles. The Morgan fingerprint density at radius 2 is 1.58 bits per heavy atom. The first-order valence-electron chi connectivity index (χ1n) is 8.64. The van der Waals surface area contributed by atoms with Crippen molar-refractivity contribution < 1.29 is 0 Å². The molecule has 0 unspecified atom stereocenters. The van der Waals surface area contributed by atoms with Gasteiger partial charge in [0.05, 0.1) is 11.7 Å². The van der Waals surface area contributed by atoms with Gasteiger partial charge >= 0.3 is 0 Å². The van der Waals surface area contributed by atoms with E-state index in [2.05, 4.69) is 83.4 Å². The molecule has 0 saturated carbocycles. The average Bonchev–Trinajstić information content (AvgIpc) is 3.11. The summed E-state index contributed by atoms with van der Waals surface area (Å²) in [5.41, 5.74) is 14.2. The van der Waals surface area contributed by atoms with Crippen molar-refractivity contribution in [1.29, 1.82) is 0 Å². The third-order valence-corrected chi connectivity index (χ3v) is 5.32. The molecule has 6 heteroatoms. The number of nitrogens with zero attached hydrogens (tertiary/aromatic N) is 3. The van der Waals surface area contributed by atoms with Gasteiger partial charge in [-0.2, -0.15) is 0 Å². The molecule has 0 radical (unpaired) electrons. The van der Waals surface area contributed by atoms with Crippen molar-refractivity contribution >= 4 is 17.5 Å². The Morgan fingerprint density at radius 1 is 0.923 bits per heavy atom. The molecule has 5 nitrogen and oxygen atoms in total. The summed E-state index contributed by atoms with van der Waals surface area (Å²) in [7, 11) is 0. The molecular weight excluding hydrogens is 342 g/mol. The van der Waals surface area contributed by atoms with E-state index in [-0.39, 0.29) is 12.0 Å². The van der Waals surface area contributed by atoms with Gasteiger partial charge in [0.1, 0.15) is 0 Å². The van der Waals surface area contributed by atoms with Gasteiger partial charge in [0.15, 0.2) is 5.82 Å². The quantitative estimate of drug-likeness (QED) is 0.725. The van der Waals surface area contributed by atoms with Crippen LogP contribution in [0.3, 0.4) is 0 Å². The minimum atomic E-state index is -0.163. The molecule has 2 heterocycles. The zero-order chi connectivity index (χ0) is 18.1. The zero-order valence-corrected chi connectivity index (χ0v) is 15.6. The fourth-order valence-electron chi connectivity index (χ4n) is 2.84. The second-order valence-electron chi connectivity index (χ2n) is 6.65. The van der Waals surface area contributed by atoms with Crippen LogP contribution in [-0.2, 0) is 0 Å². The first-order chi connectivity index (χ1) is 12.6. The van der Waals surface area contributed by atoms with Gasteiger partial charge in [-0.1, -0.05) is 80.2 Å². The average molecular weight is 363 g/mol. The summed E-state index contributed by atoms with van der Waals surface area (Å²) in [5.74, 6) is 1.05. The van der Waals surface area contributed by atoms with E-state index in [4.69, 9.17) is 5.73 Å². The van der Waals surface area contributed by atoms with Gasteiger partial charge in [0.2, 0.25) is 5.16 Å². The van der Waals surface area contributed by atoms with E-state index >= 15 is 0 Å². The predicted octanol–water partition coefficient (Wildman–Crippen LogP) is 4.25. The standard InChI is InChI=1S/C20H21N5S/c1-13(2)18(21)19-22-23-20-25(19)24-17(12-26-20)16-10-8-15(9-11-16)14-6-4-3-5-7-14/h3-13,18,24H,21H2,1-2H3/t18-/m0/s1. The highest BCUT2D eigenvalue weighted by atomic mass is 32.2. The van der Waals surface area contributed by atoms with Crippen molar-refractivity contribution in [3.63, 3.8) is 0 Å². The molecule has 0 aliphatic carbocycles. The molecule has 0 amide bonds. The topological polar surface area (TPSA) is 68.8 Å². The summed E-state index contributed by atoms with van der Waals surface area (Å²) in [6.45, 7) is 4.17. The molecule has 2 aromatic carbocycles. The summed E-state index contributed by atoms with van der Waals surface area (Å²) in [4.78, 5) is 0. The first-order valence-corrected chi connectivity index (χ1v) is 9.52. The molecular formula is C20H21N5S. The number of thioether (sulfide) groups is 1. The minimum absolute atomic E-state index is 0.163. The second kappa shape index (κ2) is 6.97. The Bertz CT molecular complexity index is 929. The van der Waals surface area contributed by atoms with E-state index in [0.29, 0.717) is 0 Å². The Kier molecular flexibility index (Phi) is 4.53. The first kappa shape index (κ1) is 16.9. The number of nitrogens with two attached hydrogens (primary N) is 1. The molecule has 132 valence electrons. The van der Waals surface area contributed by atoms with E-state index in [0.717, 1.165) is 22.2 Å². The van der Waals surface area contributed by atoms with Crippen molar-refractivity contribution in [1.82, 2.24) is 14.9 Å². The smallest absolute Gasteiger partial charge is 0.214 e. The third-order valence-electron chi connectivity index (χ3n) is 4.49. The largest absolute Gasteiger partial charge is 0.321 e. The van der Waals surface area contributed by atoms with E-state index in [1.54, 1.807) is 11.8 Å². The van der Waals surface area contributed by atoms with Gasteiger partial charge in [-0.15, -0.1) is 10.2 Å². The van der Waals surface area contributed by atoms with Crippen molar-refractivity contribution in [3.05, 3.63) is 71.4 Å². The van der Waals surface area contributed by atoms with E-state index in [1.165, 1.54) is 11.1 Å². The van der Waals surface area contributed by atoms with Gasteiger partial charge in [0.25, 0.3) is 0 Å². The fraction of sp³-hybridized carbons (Fsp3) is 0.200. The number of nitrogens with one attached hydrogen (secondary N) is 1. The number of hydrogen-bond acceptors (Lipinski definition) is 5. The Labute approximate surface area is 157 Å². The highest BCUT2D eigenvalue weighted by molar-refractivity contribution is 8.02. The van der Waals surface area contributed by atoms with Gasteiger partial charge in [0, 0.05) is 5.41 Å². The number of aromatic nitrogens is 3. The van der Waals surface area contributed by atoms with Crippen molar-refractivity contribution in [2.45, 2.75) is 25.0 Å². The Morgan fingerprint density at radius 3 is 2.27 bits per heavy atom. The summed E-state index contributed by atoms with van der Waals surface area (Å²) in [6.07, 6.45) is 0. The lowest BCUT2D eigenvalue weighted by Gasteiger charge is -2.22. The van der Waals surface area contributed by atoms with Crippen LogP contribution in [0.15, 0.2) is 65.2 Å². The molecule has 1 aromatic heterocycles. The van der Waals surface area contributed by atoms with Crippen LogP contribution in [0.5, 0.6) is 0 Å². The van der Waals surface area contributed by atoms with E-state index in [1.807, 2.05) is 10.7 Å². The SMILES string of the molecule is CC(C)[C@H](N)c1nnc2n1NC(c1ccc(-c3ccccc3)cc1)=CS2. The molecule has 0 fully saturated rings. The van der Waals surface area contributed by atoms with Crippen LogP contribution in [0.1, 0.15) is 31.3 Å². The van der Waals surface area contributed by atoms with Gasteiger partial charge in [-0.3, -0.25) is 5.43 Å². The maximum Gasteiger partial charge on any atom is 0.214 e. The number of benzene rings is 2. The van der Waals surface area contributed by atoms with Crippen LogP contribution in [0.2, 0.25) is 0 Å². The maximum absolute atomic E-state index is 6.28. The normalized spacial score (nSPS) is 14.5. The van der Waals surface area contributed by atoms with Gasteiger partial charge in [-0.05, 0) is 22.6 Å². The molecule has 26 heavy (non-hydrogen) atoms. The summed E-state index contributed by atoms with van der Waals surface area (Å²) >= 11 is 1.55. The molecule has 3 N–H and O–H groups in total. The van der Waals surface area contributed by atoms with Crippen LogP contribution in [0.25, 0.3) is 16.8 Å². The maximum atomic E-state index is 6.28. The molecule has 3 aromatic rings. The Hall–Kier alpha value is -2.57. The number of rotatable bonds is 4. The number of hydrogen-bond donors (Lipinski definition) is 2. The number of fused-ring (bicyclic) bond motifs is 1.